The van der Waals surface area contributed by atoms with Crippen LogP contribution in [0.4, 0.5) is 4.39 Å². The number of nitrogens with zero attached hydrogens (tertiary/aromatic N) is 2. The molecule has 2 N–H and O–H groups in total. The van der Waals surface area contributed by atoms with Crippen molar-refractivity contribution >= 4 is 11.8 Å². The van der Waals surface area contributed by atoms with E-state index in [1.165, 1.54) is 12.1 Å². The highest BCUT2D eigenvalue weighted by molar-refractivity contribution is 5.97. The number of hydrogen-bond donors (Lipinski definition) is 2. The average molecular weight is 401 g/mol. The number of nitrogens with one attached hydrogen (secondary N) is 1. The molecule has 0 radical (unpaired) electrons. The molecule has 1 aromatic heterocycles. The van der Waals surface area contributed by atoms with Gasteiger partial charge in [-0.15, -0.1) is 0 Å². The Balaban J connectivity index is 1.63. The standard InChI is InChI=1S/C21H24FN3O4/c1-13(26)20(14-3-5-16(22)6-4-14)25-19(27)10-17-9-15-11-24-21(18(15)12-23-17)29-8-7-28-2/h3-6,9,12-13,20,26H,7-8,10-11H2,1-2H3,(H,25,27)/t13-,20+/m0/s1. The van der Waals surface area contributed by atoms with Crippen molar-refractivity contribution in [2.24, 2.45) is 4.99 Å². The SMILES string of the molecule is COCCOC1=NCc2cc(CC(=O)N[C@@H](c3ccc(F)cc3)[C@H](C)O)ncc21. The molecule has 1 amide bonds. The molecule has 1 aliphatic heterocycles. The van der Waals surface area contributed by atoms with E-state index < -0.39 is 12.1 Å². The maximum Gasteiger partial charge on any atom is 0.226 e. The van der Waals surface area contributed by atoms with Crippen LogP contribution < -0.4 is 5.32 Å². The van der Waals surface area contributed by atoms with Crippen molar-refractivity contribution in [1.29, 1.82) is 0 Å². The van der Waals surface area contributed by atoms with Gasteiger partial charge in [0, 0.05) is 13.3 Å². The number of aliphatic hydroxyl groups excluding tert-OH is 1. The number of pyridine rings is 1. The van der Waals surface area contributed by atoms with Crippen molar-refractivity contribution in [2.75, 3.05) is 20.3 Å². The Morgan fingerprint density at radius 1 is 1.31 bits per heavy atom. The van der Waals surface area contributed by atoms with Crippen molar-refractivity contribution in [3.63, 3.8) is 0 Å². The van der Waals surface area contributed by atoms with Gasteiger partial charge in [0.25, 0.3) is 0 Å². The zero-order valence-corrected chi connectivity index (χ0v) is 16.4. The molecule has 154 valence electrons. The third kappa shape index (κ3) is 5.36. The van der Waals surface area contributed by atoms with E-state index >= 15 is 0 Å². The molecule has 2 atom stereocenters. The van der Waals surface area contributed by atoms with Gasteiger partial charge < -0.3 is 19.9 Å². The molecule has 0 aliphatic carbocycles. The summed E-state index contributed by atoms with van der Waals surface area (Å²) in [4.78, 5) is 21.2. The third-order valence-electron chi connectivity index (χ3n) is 4.57. The summed E-state index contributed by atoms with van der Waals surface area (Å²) in [5, 5.41) is 12.8. The summed E-state index contributed by atoms with van der Waals surface area (Å²) in [6, 6.07) is 6.88. The Labute approximate surface area is 168 Å². The monoisotopic (exact) mass is 401 g/mol. The number of rotatable bonds is 8. The van der Waals surface area contributed by atoms with Crippen LogP contribution in [0.3, 0.4) is 0 Å². The van der Waals surface area contributed by atoms with Gasteiger partial charge in [-0.25, -0.2) is 9.38 Å². The molecule has 0 bridgehead atoms. The lowest BCUT2D eigenvalue weighted by atomic mass is 10.0. The maximum absolute atomic E-state index is 13.1. The number of hydrogen-bond acceptors (Lipinski definition) is 6. The van der Waals surface area contributed by atoms with Crippen LogP contribution in [0.1, 0.15) is 35.3 Å². The highest BCUT2D eigenvalue weighted by atomic mass is 19.1. The predicted octanol–water partition coefficient (Wildman–Crippen LogP) is 1.92. The number of methoxy groups -OCH3 is 1. The minimum atomic E-state index is -0.836. The van der Waals surface area contributed by atoms with Gasteiger partial charge in [0.05, 0.1) is 43.0 Å². The van der Waals surface area contributed by atoms with Crippen LogP contribution in [0.2, 0.25) is 0 Å². The first-order chi connectivity index (χ1) is 14.0. The van der Waals surface area contributed by atoms with Gasteiger partial charge in [0.2, 0.25) is 11.8 Å². The first-order valence-electron chi connectivity index (χ1n) is 9.35. The zero-order valence-electron chi connectivity index (χ0n) is 16.4. The van der Waals surface area contributed by atoms with Gasteiger partial charge in [-0.3, -0.25) is 9.78 Å². The molecule has 0 unspecified atom stereocenters. The number of aliphatic imine (C=N–C) groups is 1. The lowest BCUT2D eigenvalue weighted by molar-refractivity contribution is -0.122. The quantitative estimate of drug-likeness (QED) is 0.660. The number of carbonyl (C=O) groups excluding carboxylic acids is 1. The van der Waals surface area contributed by atoms with Crippen LogP contribution in [0.15, 0.2) is 41.5 Å². The number of amides is 1. The van der Waals surface area contributed by atoms with Crippen molar-refractivity contribution in [3.8, 4) is 0 Å². The highest BCUT2D eigenvalue weighted by Gasteiger charge is 2.22. The van der Waals surface area contributed by atoms with E-state index in [1.807, 2.05) is 6.07 Å². The van der Waals surface area contributed by atoms with E-state index in [2.05, 4.69) is 15.3 Å². The number of carbonyl (C=O) groups is 1. The Morgan fingerprint density at radius 2 is 2.07 bits per heavy atom. The molecule has 0 fully saturated rings. The fourth-order valence-corrected chi connectivity index (χ4v) is 3.10. The largest absolute Gasteiger partial charge is 0.475 e. The van der Waals surface area contributed by atoms with Gasteiger partial charge >= 0.3 is 0 Å². The van der Waals surface area contributed by atoms with Gasteiger partial charge in [-0.1, -0.05) is 12.1 Å². The molecule has 2 heterocycles. The highest BCUT2D eigenvalue weighted by Crippen LogP contribution is 2.21. The van der Waals surface area contributed by atoms with Gasteiger partial charge in [0.1, 0.15) is 12.4 Å². The second-order valence-corrected chi connectivity index (χ2v) is 6.81. The number of aliphatic hydroxyl groups is 1. The second-order valence-electron chi connectivity index (χ2n) is 6.81. The molecular formula is C21H24FN3O4. The molecule has 0 spiro atoms. The van der Waals surface area contributed by atoms with Crippen LogP contribution in [0, 0.1) is 5.82 Å². The lowest BCUT2D eigenvalue weighted by Crippen LogP contribution is -2.36. The van der Waals surface area contributed by atoms with Crippen molar-refractivity contribution in [1.82, 2.24) is 10.3 Å². The molecule has 2 aromatic rings. The fraction of sp³-hybridized carbons (Fsp3) is 0.381. The summed E-state index contributed by atoms with van der Waals surface area (Å²) in [5.74, 6) is -0.131. The van der Waals surface area contributed by atoms with Gasteiger partial charge in [-0.05, 0) is 36.2 Å². The Morgan fingerprint density at radius 3 is 2.76 bits per heavy atom. The Bertz CT molecular complexity index is 884. The molecular weight excluding hydrogens is 377 g/mol. The molecule has 0 saturated carbocycles. The summed E-state index contributed by atoms with van der Waals surface area (Å²) in [6.07, 6.45) is 0.873. The third-order valence-corrected chi connectivity index (χ3v) is 4.57. The predicted molar refractivity (Wildman–Crippen MR) is 105 cm³/mol. The zero-order chi connectivity index (χ0) is 20.8. The van der Waals surface area contributed by atoms with Gasteiger partial charge in [-0.2, -0.15) is 0 Å². The average Bonchev–Trinajstić information content (AvgIpc) is 3.09. The van der Waals surface area contributed by atoms with Crippen molar-refractivity contribution in [2.45, 2.75) is 32.0 Å². The molecule has 29 heavy (non-hydrogen) atoms. The van der Waals surface area contributed by atoms with E-state index in [0.29, 0.717) is 36.9 Å². The van der Waals surface area contributed by atoms with Crippen LogP contribution in [0.5, 0.6) is 0 Å². The van der Waals surface area contributed by atoms with Crippen LogP contribution >= 0.6 is 0 Å². The summed E-state index contributed by atoms with van der Waals surface area (Å²) in [7, 11) is 1.60. The lowest BCUT2D eigenvalue weighted by Gasteiger charge is -2.22. The topological polar surface area (TPSA) is 93.0 Å². The number of aromatic nitrogens is 1. The fourth-order valence-electron chi connectivity index (χ4n) is 3.10. The first-order valence-corrected chi connectivity index (χ1v) is 9.35. The van der Waals surface area contributed by atoms with Crippen LogP contribution in [-0.2, 0) is 27.2 Å². The van der Waals surface area contributed by atoms with Crippen molar-refractivity contribution in [3.05, 3.63) is 64.7 Å². The van der Waals surface area contributed by atoms with Crippen molar-refractivity contribution < 1.29 is 23.8 Å². The summed E-state index contributed by atoms with van der Waals surface area (Å²) in [5.41, 5.74) is 2.99. The molecule has 0 saturated heterocycles. The molecule has 8 heteroatoms. The molecule has 3 rings (SSSR count). The minimum absolute atomic E-state index is 0.0531. The summed E-state index contributed by atoms with van der Waals surface area (Å²) in [6.45, 7) is 2.92. The number of benzene rings is 1. The maximum atomic E-state index is 13.1. The normalized spacial score (nSPS) is 14.7. The number of ether oxygens (including phenoxy) is 2. The molecule has 1 aromatic carbocycles. The first kappa shape index (κ1) is 20.9. The van der Waals surface area contributed by atoms with Crippen LogP contribution in [-0.4, -0.2) is 48.3 Å². The molecule has 7 nitrogen and oxygen atoms in total. The smallest absolute Gasteiger partial charge is 0.226 e. The van der Waals surface area contributed by atoms with E-state index in [1.54, 1.807) is 32.4 Å². The summed E-state index contributed by atoms with van der Waals surface area (Å²) >= 11 is 0. The summed E-state index contributed by atoms with van der Waals surface area (Å²) < 4.78 is 23.7. The van der Waals surface area contributed by atoms with E-state index in [0.717, 1.165) is 11.1 Å². The number of fused-ring (bicyclic) bond motifs is 1. The van der Waals surface area contributed by atoms with E-state index in [4.69, 9.17) is 9.47 Å². The number of halogens is 1. The van der Waals surface area contributed by atoms with Crippen LogP contribution in [0.25, 0.3) is 0 Å². The van der Waals surface area contributed by atoms with E-state index in [-0.39, 0.29) is 18.1 Å². The second kappa shape index (κ2) is 9.58. The minimum Gasteiger partial charge on any atom is -0.475 e. The van der Waals surface area contributed by atoms with Gasteiger partial charge in [0.15, 0.2) is 0 Å². The van der Waals surface area contributed by atoms with E-state index in [9.17, 15) is 14.3 Å². The Hall–Kier alpha value is -2.84. The Kier molecular flexibility index (Phi) is 6.90. The molecule has 1 aliphatic rings.